The Morgan fingerprint density at radius 2 is 1.51 bits per heavy atom. The first-order chi connectivity index (χ1) is 16.7. The summed E-state index contributed by atoms with van der Waals surface area (Å²) in [6.07, 6.45) is -0.578. The van der Waals surface area contributed by atoms with Gasteiger partial charge in [0.25, 0.3) is 0 Å². The van der Waals surface area contributed by atoms with E-state index < -0.39 is 41.7 Å². The van der Waals surface area contributed by atoms with Crippen LogP contribution < -0.4 is 4.74 Å². The van der Waals surface area contributed by atoms with Crippen molar-refractivity contribution >= 4 is 18.2 Å². The van der Waals surface area contributed by atoms with Crippen molar-refractivity contribution in [3.8, 4) is 5.75 Å². The third-order valence-corrected chi connectivity index (χ3v) is 5.81. The molecular weight excluding hydrogens is 485 g/mol. The Labute approximate surface area is 218 Å². The molecule has 2 aliphatic rings. The number of amides is 1. The number of rotatable bonds is 7. The number of ether oxygens (including phenoxy) is 5. The molecule has 1 heterocycles. The highest BCUT2D eigenvalue weighted by molar-refractivity contribution is 5.72. The van der Waals surface area contributed by atoms with Crippen LogP contribution in [0.15, 0.2) is 24.3 Å². The number of likely N-dealkylation sites (tertiary alicyclic amines) is 1. The molecule has 1 aliphatic carbocycles. The molecule has 2 fully saturated rings. The molecule has 0 unspecified atom stereocenters. The molecule has 9 nitrogen and oxygen atoms in total. The number of nitrogens with zero attached hydrogens (tertiary/aromatic N) is 1. The predicted molar refractivity (Wildman–Crippen MR) is 134 cm³/mol. The number of esters is 1. The number of methoxy groups -OCH3 is 1. The molecule has 1 saturated carbocycles. The second-order valence-corrected chi connectivity index (χ2v) is 11.5. The van der Waals surface area contributed by atoms with E-state index in [0.717, 1.165) is 18.4 Å². The van der Waals surface area contributed by atoms with E-state index in [0.29, 0.717) is 24.5 Å². The number of hydrogen-bond donors (Lipinski definition) is 0. The van der Waals surface area contributed by atoms with E-state index in [9.17, 15) is 14.4 Å². The normalized spacial score (nSPS) is 21.5. The highest BCUT2D eigenvalue weighted by Crippen LogP contribution is 2.35. The van der Waals surface area contributed by atoms with Crippen LogP contribution in [-0.2, 0) is 30.2 Å². The van der Waals surface area contributed by atoms with Crippen LogP contribution in [0.5, 0.6) is 5.75 Å². The third-order valence-electron chi connectivity index (χ3n) is 5.81. The minimum atomic E-state index is -0.904. The molecule has 0 bridgehead atoms. The molecule has 0 radical (unpaired) electrons. The largest absolute Gasteiger partial charge is 0.509 e. The van der Waals surface area contributed by atoms with Gasteiger partial charge >= 0.3 is 18.2 Å². The number of carbonyl (C=O) groups excluding carboxylic acids is 3. The van der Waals surface area contributed by atoms with Crippen molar-refractivity contribution in [2.24, 2.45) is 5.92 Å². The van der Waals surface area contributed by atoms with Gasteiger partial charge in [-0.05, 0) is 84.4 Å². The summed E-state index contributed by atoms with van der Waals surface area (Å²) in [5.74, 6) is 0.657. The first kappa shape index (κ1) is 30.2. The van der Waals surface area contributed by atoms with Gasteiger partial charge in [-0.25, -0.2) is 9.59 Å². The van der Waals surface area contributed by atoms with Crippen molar-refractivity contribution in [1.29, 1.82) is 0 Å². The first-order valence-electron chi connectivity index (χ1n) is 12.5. The molecular formula is C27H40FNO8. The van der Waals surface area contributed by atoms with E-state index in [-0.39, 0.29) is 17.2 Å². The van der Waals surface area contributed by atoms with Gasteiger partial charge in [-0.2, -0.15) is 0 Å². The summed E-state index contributed by atoms with van der Waals surface area (Å²) in [6, 6.07) is 6.81. The van der Waals surface area contributed by atoms with Crippen LogP contribution in [0, 0.1) is 5.92 Å². The number of carbonyl (C=O) groups is 3. The first-order valence-corrected chi connectivity index (χ1v) is 12.5. The molecule has 0 aromatic heterocycles. The standard InChI is InChI=1S/C27H39NO8.FH/c1-26(2,3)35-24(30)28-16-21(33-25(31)36-27(4,5)6)23(34-22(29)15-18-8-9-18)20(28)14-17-10-12-19(32-7)13-11-17;/h10-13,18,20-21,23H,8-9,14-16H2,1-7H3;1H/t20-,21+,23+;/m1./s1. The molecule has 1 amide bonds. The van der Waals surface area contributed by atoms with Crippen molar-refractivity contribution in [3.63, 3.8) is 0 Å². The van der Waals surface area contributed by atoms with Crippen molar-refractivity contribution < 1.29 is 42.8 Å². The van der Waals surface area contributed by atoms with Crippen molar-refractivity contribution in [2.45, 2.75) is 96.7 Å². The van der Waals surface area contributed by atoms with E-state index >= 15 is 0 Å². The Bertz CT molecular complexity index is 933. The second-order valence-electron chi connectivity index (χ2n) is 11.5. The van der Waals surface area contributed by atoms with Crippen LogP contribution >= 0.6 is 0 Å². The summed E-state index contributed by atoms with van der Waals surface area (Å²) in [5, 5.41) is 0. The van der Waals surface area contributed by atoms with E-state index in [1.54, 1.807) is 48.7 Å². The lowest BCUT2D eigenvalue weighted by Gasteiger charge is -2.30. The van der Waals surface area contributed by atoms with Crippen LogP contribution in [0.25, 0.3) is 0 Å². The molecule has 1 aromatic rings. The Hall–Kier alpha value is -3.04. The van der Waals surface area contributed by atoms with Crippen LogP contribution in [0.2, 0.25) is 0 Å². The summed E-state index contributed by atoms with van der Waals surface area (Å²) in [7, 11) is 1.59. The molecule has 3 rings (SSSR count). The molecule has 208 valence electrons. The fourth-order valence-electron chi connectivity index (χ4n) is 4.03. The molecule has 0 N–H and O–H groups in total. The van der Waals surface area contributed by atoms with E-state index in [4.69, 9.17) is 23.7 Å². The maximum atomic E-state index is 13.2. The summed E-state index contributed by atoms with van der Waals surface area (Å²) < 4.78 is 27.7. The molecule has 3 atom stereocenters. The van der Waals surface area contributed by atoms with Gasteiger partial charge in [0.15, 0.2) is 12.2 Å². The van der Waals surface area contributed by atoms with Gasteiger partial charge in [0, 0.05) is 6.42 Å². The molecule has 1 aromatic carbocycles. The zero-order valence-corrected chi connectivity index (χ0v) is 22.8. The van der Waals surface area contributed by atoms with E-state index in [1.807, 2.05) is 24.3 Å². The summed E-state index contributed by atoms with van der Waals surface area (Å²) in [6.45, 7) is 10.5. The van der Waals surface area contributed by atoms with Gasteiger partial charge in [-0.3, -0.25) is 14.4 Å². The van der Waals surface area contributed by atoms with Crippen LogP contribution in [-0.4, -0.2) is 66.2 Å². The summed E-state index contributed by atoms with van der Waals surface area (Å²) in [5.41, 5.74) is -0.596. The fraction of sp³-hybridized carbons (Fsp3) is 0.667. The zero-order chi connectivity index (χ0) is 26.7. The molecule has 0 spiro atoms. The highest BCUT2D eigenvalue weighted by Gasteiger charge is 2.50. The number of halogens is 1. The Morgan fingerprint density at radius 1 is 0.919 bits per heavy atom. The molecule has 10 heteroatoms. The lowest BCUT2D eigenvalue weighted by Crippen LogP contribution is -2.45. The lowest BCUT2D eigenvalue weighted by atomic mass is 10.0. The minimum Gasteiger partial charge on any atom is -0.497 e. The van der Waals surface area contributed by atoms with Crippen LogP contribution in [0.3, 0.4) is 0 Å². The fourth-order valence-corrected chi connectivity index (χ4v) is 4.03. The van der Waals surface area contributed by atoms with Crippen molar-refractivity contribution in [1.82, 2.24) is 4.90 Å². The molecule has 37 heavy (non-hydrogen) atoms. The number of benzene rings is 1. The summed E-state index contributed by atoms with van der Waals surface area (Å²) >= 11 is 0. The van der Waals surface area contributed by atoms with Crippen molar-refractivity contribution in [2.75, 3.05) is 13.7 Å². The maximum absolute atomic E-state index is 13.2. The topological polar surface area (TPSA) is 101 Å². The van der Waals surface area contributed by atoms with Gasteiger partial charge < -0.3 is 23.7 Å². The zero-order valence-electron chi connectivity index (χ0n) is 22.8. The Kier molecular flexibility index (Phi) is 9.79. The van der Waals surface area contributed by atoms with Gasteiger partial charge in [-0.15, -0.1) is 0 Å². The highest BCUT2D eigenvalue weighted by atomic mass is 19.0. The Morgan fingerprint density at radius 3 is 2.03 bits per heavy atom. The van der Waals surface area contributed by atoms with E-state index in [1.165, 1.54) is 4.90 Å². The van der Waals surface area contributed by atoms with Crippen LogP contribution in [0.1, 0.15) is 66.4 Å². The van der Waals surface area contributed by atoms with Gasteiger partial charge in [-0.1, -0.05) is 12.1 Å². The minimum absolute atomic E-state index is 0. The maximum Gasteiger partial charge on any atom is 0.509 e. The molecule has 1 saturated heterocycles. The van der Waals surface area contributed by atoms with E-state index in [2.05, 4.69) is 0 Å². The van der Waals surface area contributed by atoms with Gasteiger partial charge in [0.1, 0.15) is 17.0 Å². The molecule has 1 aliphatic heterocycles. The monoisotopic (exact) mass is 525 g/mol. The Balaban J connectivity index is 0.00000481. The SMILES string of the molecule is COc1ccc(C[C@@H]2[C@H](OC(=O)CC3CC3)[C@@H](OC(=O)OC(C)(C)C)CN2C(=O)OC(C)(C)C)cc1.F. The quantitative estimate of drug-likeness (QED) is 0.361. The average molecular weight is 526 g/mol. The second kappa shape index (κ2) is 12.0. The average Bonchev–Trinajstić information content (AvgIpc) is 3.49. The third kappa shape index (κ3) is 9.40. The smallest absolute Gasteiger partial charge is 0.497 e. The van der Waals surface area contributed by atoms with Gasteiger partial charge in [0.2, 0.25) is 0 Å². The van der Waals surface area contributed by atoms with Crippen molar-refractivity contribution in [3.05, 3.63) is 29.8 Å². The summed E-state index contributed by atoms with van der Waals surface area (Å²) in [4.78, 5) is 40.0. The number of hydrogen-bond acceptors (Lipinski definition) is 8. The van der Waals surface area contributed by atoms with Gasteiger partial charge in [0.05, 0.1) is 19.7 Å². The van der Waals surface area contributed by atoms with Crippen LogP contribution in [0.4, 0.5) is 14.3 Å². The lowest BCUT2D eigenvalue weighted by molar-refractivity contribution is -0.156. The predicted octanol–water partition coefficient (Wildman–Crippen LogP) is 5.04.